The van der Waals surface area contributed by atoms with E-state index in [2.05, 4.69) is 5.32 Å². The number of carbonyl (C=O) groups excluding carboxylic acids is 2. The average Bonchev–Trinajstić information content (AvgIpc) is 2.68. The molecule has 0 heterocycles. The maximum atomic E-state index is 12.6. The van der Waals surface area contributed by atoms with Crippen molar-refractivity contribution in [3.05, 3.63) is 53.6 Å². The molecule has 140 valence electrons. The summed E-state index contributed by atoms with van der Waals surface area (Å²) in [5.74, 6) is 0.364. The standard InChI is InChI=1S/C21H22N2O4/c1-13(2)21(25)23-17-8-6-16(7-9-17)20(24)14(3)27-18-10-5-15(12-22)11-19(18)26-4/h5-11,13-14H,1-4H3,(H,23,25)/t14-/m1/s1. The molecule has 0 aliphatic heterocycles. The van der Waals surface area contributed by atoms with Crippen molar-refractivity contribution in [1.29, 1.82) is 5.26 Å². The van der Waals surface area contributed by atoms with Crippen molar-refractivity contribution < 1.29 is 19.1 Å². The Kier molecular flexibility index (Phi) is 6.56. The lowest BCUT2D eigenvalue weighted by Gasteiger charge is -2.16. The molecule has 2 rings (SSSR count). The topological polar surface area (TPSA) is 88.4 Å². The van der Waals surface area contributed by atoms with E-state index in [0.29, 0.717) is 28.3 Å². The number of nitriles is 1. The number of anilines is 1. The minimum absolute atomic E-state index is 0.0845. The summed E-state index contributed by atoms with van der Waals surface area (Å²) in [6, 6.07) is 13.4. The lowest BCUT2D eigenvalue weighted by molar-refractivity contribution is -0.118. The van der Waals surface area contributed by atoms with Gasteiger partial charge >= 0.3 is 0 Å². The molecule has 2 aromatic carbocycles. The van der Waals surface area contributed by atoms with Gasteiger partial charge in [0.2, 0.25) is 11.7 Å². The second-order valence-corrected chi connectivity index (χ2v) is 6.32. The molecule has 0 bridgehead atoms. The van der Waals surface area contributed by atoms with Crippen LogP contribution in [0, 0.1) is 17.2 Å². The van der Waals surface area contributed by atoms with Gasteiger partial charge in [-0.15, -0.1) is 0 Å². The molecule has 0 fully saturated rings. The first kappa shape index (κ1) is 20.0. The van der Waals surface area contributed by atoms with Gasteiger partial charge in [-0.25, -0.2) is 0 Å². The summed E-state index contributed by atoms with van der Waals surface area (Å²) >= 11 is 0. The molecule has 0 radical (unpaired) electrons. The Labute approximate surface area is 158 Å². The first-order valence-electron chi connectivity index (χ1n) is 8.55. The Morgan fingerprint density at radius 3 is 2.26 bits per heavy atom. The first-order chi connectivity index (χ1) is 12.8. The van der Waals surface area contributed by atoms with Crippen LogP contribution in [0.25, 0.3) is 0 Å². The highest BCUT2D eigenvalue weighted by Crippen LogP contribution is 2.29. The average molecular weight is 366 g/mol. The van der Waals surface area contributed by atoms with Crippen LogP contribution in [0.15, 0.2) is 42.5 Å². The largest absolute Gasteiger partial charge is 0.493 e. The molecule has 0 aliphatic rings. The van der Waals surface area contributed by atoms with Crippen LogP contribution < -0.4 is 14.8 Å². The third kappa shape index (κ3) is 5.08. The number of benzene rings is 2. The van der Waals surface area contributed by atoms with E-state index >= 15 is 0 Å². The van der Waals surface area contributed by atoms with E-state index in [1.807, 2.05) is 19.9 Å². The van der Waals surface area contributed by atoms with Gasteiger partial charge in [0, 0.05) is 23.2 Å². The van der Waals surface area contributed by atoms with Crippen LogP contribution in [0.1, 0.15) is 36.7 Å². The summed E-state index contributed by atoms with van der Waals surface area (Å²) < 4.78 is 10.9. The summed E-state index contributed by atoms with van der Waals surface area (Å²) in [7, 11) is 1.47. The minimum atomic E-state index is -0.747. The van der Waals surface area contributed by atoms with Crippen molar-refractivity contribution in [2.24, 2.45) is 5.92 Å². The molecular weight excluding hydrogens is 344 g/mol. The van der Waals surface area contributed by atoms with Crippen molar-refractivity contribution in [2.45, 2.75) is 26.9 Å². The van der Waals surface area contributed by atoms with E-state index in [1.54, 1.807) is 49.4 Å². The van der Waals surface area contributed by atoms with Crippen molar-refractivity contribution in [1.82, 2.24) is 0 Å². The van der Waals surface area contributed by atoms with Crippen LogP contribution >= 0.6 is 0 Å². The zero-order valence-electron chi connectivity index (χ0n) is 15.8. The van der Waals surface area contributed by atoms with Gasteiger partial charge in [0.25, 0.3) is 0 Å². The SMILES string of the molecule is COc1cc(C#N)ccc1O[C@H](C)C(=O)c1ccc(NC(=O)C(C)C)cc1. The second-order valence-electron chi connectivity index (χ2n) is 6.32. The van der Waals surface area contributed by atoms with Gasteiger partial charge in [-0.1, -0.05) is 13.8 Å². The Morgan fingerprint density at radius 2 is 1.70 bits per heavy atom. The molecule has 0 spiro atoms. The predicted molar refractivity (Wildman–Crippen MR) is 102 cm³/mol. The Bertz CT molecular complexity index is 867. The van der Waals surface area contributed by atoms with Crippen molar-refractivity contribution in [3.63, 3.8) is 0 Å². The Morgan fingerprint density at radius 1 is 1.04 bits per heavy atom. The molecule has 1 amide bonds. The van der Waals surface area contributed by atoms with E-state index in [4.69, 9.17) is 14.7 Å². The minimum Gasteiger partial charge on any atom is -0.493 e. The van der Waals surface area contributed by atoms with E-state index in [1.165, 1.54) is 7.11 Å². The van der Waals surface area contributed by atoms with Gasteiger partial charge in [0.05, 0.1) is 18.7 Å². The van der Waals surface area contributed by atoms with E-state index in [9.17, 15) is 9.59 Å². The molecule has 6 nitrogen and oxygen atoms in total. The monoisotopic (exact) mass is 366 g/mol. The fourth-order valence-corrected chi connectivity index (χ4v) is 2.32. The number of hydrogen-bond acceptors (Lipinski definition) is 5. The maximum absolute atomic E-state index is 12.6. The molecule has 1 N–H and O–H groups in total. The number of nitrogens with one attached hydrogen (secondary N) is 1. The van der Waals surface area contributed by atoms with Crippen LogP contribution in [0.5, 0.6) is 11.5 Å². The van der Waals surface area contributed by atoms with Gasteiger partial charge in [-0.05, 0) is 43.3 Å². The smallest absolute Gasteiger partial charge is 0.226 e. The molecule has 0 unspecified atom stereocenters. The molecular formula is C21H22N2O4. The van der Waals surface area contributed by atoms with Gasteiger partial charge < -0.3 is 14.8 Å². The highest BCUT2D eigenvalue weighted by atomic mass is 16.5. The number of ether oxygens (including phenoxy) is 2. The maximum Gasteiger partial charge on any atom is 0.226 e. The van der Waals surface area contributed by atoms with Gasteiger partial charge in [0.15, 0.2) is 17.6 Å². The van der Waals surface area contributed by atoms with Crippen LogP contribution in [0.2, 0.25) is 0 Å². The van der Waals surface area contributed by atoms with E-state index < -0.39 is 6.10 Å². The third-order valence-corrected chi connectivity index (χ3v) is 3.93. The highest BCUT2D eigenvalue weighted by molar-refractivity contribution is 6.00. The van der Waals surface area contributed by atoms with Gasteiger partial charge in [-0.3, -0.25) is 9.59 Å². The van der Waals surface area contributed by atoms with Crippen LogP contribution in [0.3, 0.4) is 0 Å². The number of hydrogen-bond donors (Lipinski definition) is 1. The van der Waals surface area contributed by atoms with Crippen LogP contribution in [-0.4, -0.2) is 24.9 Å². The molecule has 0 saturated heterocycles. The fraction of sp³-hybridized carbons (Fsp3) is 0.286. The van der Waals surface area contributed by atoms with E-state index in [-0.39, 0.29) is 17.6 Å². The predicted octanol–water partition coefficient (Wildman–Crippen LogP) is 3.81. The summed E-state index contributed by atoms with van der Waals surface area (Å²) in [5.41, 5.74) is 1.54. The Hall–Kier alpha value is -3.33. The summed E-state index contributed by atoms with van der Waals surface area (Å²) in [6.45, 7) is 5.27. The van der Waals surface area contributed by atoms with Crippen molar-refractivity contribution in [3.8, 4) is 17.6 Å². The molecule has 27 heavy (non-hydrogen) atoms. The lowest BCUT2D eigenvalue weighted by atomic mass is 10.1. The van der Waals surface area contributed by atoms with Gasteiger partial charge in [-0.2, -0.15) is 5.26 Å². The first-order valence-corrected chi connectivity index (χ1v) is 8.55. The molecule has 2 aromatic rings. The number of nitrogens with zero attached hydrogens (tertiary/aromatic N) is 1. The van der Waals surface area contributed by atoms with Crippen molar-refractivity contribution >= 4 is 17.4 Å². The molecule has 6 heteroatoms. The van der Waals surface area contributed by atoms with Crippen LogP contribution in [-0.2, 0) is 4.79 Å². The van der Waals surface area contributed by atoms with Crippen LogP contribution in [0.4, 0.5) is 5.69 Å². The Balaban J connectivity index is 2.09. The highest BCUT2D eigenvalue weighted by Gasteiger charge is 2.19. The van der Waals surface area contributed by atoms with E-state index in [0.717, 1.165) is 0 Å². The summed E-state index contributed by atoms with van der Waals surface area (Å²) in [6.07, 6.45) is -0.747. The zero-order valence-corrected chi connectivity index (χ0v) is 15.8. The zero-order chi connectivity index (χ0) is 20.0. The van der Waals surface area contributed by atoms with Gasteiger partial charge in [0.1, 0.15) is 0 Å². The molecule has 0 aromatic heterocycles. The normalized spacial score (nSPS) is 11.4. The van der Waals surface area contributed by atoms with Crippen molar-refractivity contribution in [2.75, 3.05) is 12.4 Å². The lowest BCUT2D eigenvalue weighted by Crippen LogP contribution is -2.24. The molecule has 0 saturated carbocycles. The third-order valence-electron chi connectivity index (χ3n) is 3.93. The molecule has 1 atom stereocenters. The number of rotatable bonds is 7. The number of amides is 1. The quantitative estimate of drug-likeness (QED) is 0.753. The summed E-state index contributed by atoms with van der Waals surface area (Å²) in [4.78, 5) is 24.3. The number of Topliss-reactive ketones (excluding diaryl/α,β-unsaturated/α-hetero) is 1. The second kappa shape index (κ2) is 8.86. The molecule has 0 aliphatic carbocycles. The number of ketones is 1. The number of methoxy groups -OCH3 is 1. The summed E-state index contributed by atoms with van der Waals surface area (Å²) in [5, 5.41) is 11.7. The number of carbonyl (C=O) groups is 2. The fourth-order valence-electron chi connectivity index (χ4n) is 2.32.